The van der Waals surface area contributed by atoms with Crippen LogP contribution in [0.3, 0.4) is 0 Å². The maximum Gasteiger partial charge on any atom is 0.0431 e. The summed E-state index contributed by atoms with van der Waals surface area (Å²) in [4.78, 5) is 0. The Labute approximate surface area is 94.3 Å². The molecule has 0 aromatic heterocycles. The highest BCUT2D eigenvalue weighted by molar-refractivity contribution is 9.10. The average Bonchev–Trinajstić information content (AvgIpc) is 2.14. The minimum atomic E-state index is 0.300. The van der Waals surface area contributed by atoms with Gasteiger partial charge in [-0.3, -0.25) is 0 Å². The molecule has 0 unspecified atom stereocenters. The van der Waals surface area contributed by atoms with E-state index < -0.39 is 0 Å². The zero-order valence-electron chi connectivity index (χ0n) is 8.81. The summed E-state index contributed by atoms with van der Waals surface area (Å²) in [5.41, 5.74) is 3.96. The third kappa shape index (κ3) is 3.10. The van der Waals surface area contributed by atoms with E-state index in [0.29, 0.717) is 6.61 Å². The summed E-state index contributed by atoms with van der Waals surface area (Å²) < 4.78 is 1.21. The third-order valence-electron chi connectivity index (χ3n) is 2.37. The lowest BCUT2D eigenvalue weighted by Crippen LogP contribution is -1.92. The van der Waals surface area contributed by atoms with Crippen LogP contribution in [-0.4, -0.2) is 11.7 Å². The van der Waals surface area contributed by atoms with Crippen LogP contribution in [0.5, 0.6) is 0 Å². The molecule has 0 aliphatic rings. The number of rotatable bonds is 4. The Hall–Kier alpha value is -0.340. The lowest BCUT2D eigenvalue weighted by molar-refractivity contribution is 0.284. The topological polar surface area (TPSA) is 20.2 Å². The van der Waals surface area contributed by atoms with Gasteiger partial charge in [0, 0.05) is 11.1 Å². The van der Waals surface area contributed by atoms with Crippen molar-refractivity contribution in [3.63, 3.8) is 0 Å². The average molecular weight is 257 g/mol. The first-order chi connectivity index (χ1) is 6.65. The monoisotopic (exact) mass is 256 g/mol. The van der Waals surface area contributed by atoms with E-state index in [1.807, 2.05) is 0 Å². The van der Waals surface area contributed by atoms with Crippen molar-refractivity contribution in [2.75, 3.05) is 6.61 Å². The Kier molecular flexibility index (Phi) is 4.63. The van der Waals surface area contributed by atoms with Crippen LogP contribution in [0.4, 0.5) is 0 Å². The molecule has 1 N–H and O–H groups in total. The summed E-state index contributed by atoms with van der Waals surface area (Å²) in [6, 6.07) is 4.43. The Morgan fingerprint density at radius 3 is 2.21 bits per heavy atom. The van der Waals surface area contributed by atoms with Crippen LogP contribution in [0.25, 0.3) is 0 Å². The molecular formula is C12H17BrO. The minimum absolute atomic E-state index is 0.300. The van der Waals surface area contributed by atoms with Crippen molar-refractivity contribution in [3.8, 4) is 0 Å². The van der Waals surface area contributed by atoms with Gasteiger partial charge in [-0.25, -0.2) is 0 Å². The van der Waals surface area contributed by atoms with Crippen molar-refractivity contribution in [1.29, 1.82) is 0 Å². The molecule has 0 heterocycles. The van der Waals surface area contributed by atoms with Gasteiger partial charge in [0.15, 0.2) is 0 Å². The molecule has 1 aromatic rings. The molecule has 0 spiro atoms. The fraction of sp³-hybridized carbons (Fsp3) is 0.500. The second-order valence-electron chi connectivity index (χ2n) is 3.72. The zero-order valence-corrected chi connectivity index (χ0v) is 10.4. The van der Waals surface area contributed by atoms with E-state index in [-0.39, 0.29) is 0 Å². The molecule has 0 aliphatic heterocycles. The van der Waals surface area contributed by atoms with Crippen molar-refractivity contribution in [2.24, 2.45) is 0 Å². The molecule has 0 fully saturated rings. The molecule has 0 saturated heterocycles. The fourth-order valence-corrected chi connectivity index (χ4v) is 1.85. The molecule has 0 radical (unpaired) electrons. The van der Waals surface area contributed by atoms with Gasteiger partial charge in [0.1, 0.15) is 0 Å². The van der Waals surface area contributed by atoms with Crippen LogP contribution in [0, 0.1) is 13.8 Å². The highest BCUT2D eigenvalue weighted by Crippen LogP contribution is 2.23. The van der Waals surface area contributed by atoms with Crippen molar-refractivity contribution in [2.45, 2.75) is 33.1 Å². The highest BCUT2D eigenvalue weighted by atomic mass is 79.9. The normalized spacial score (nSPS) is 10.6. The fourth-order valence-electron chi connectivity index (χ4n) is 1.62. The molecule has 0 bridgehead atoms. The van der Waals surface area contributed by atoms with Gasteiger partial charge in [0.05, 0.1) is 0 Å². The number of hydrogen-bond donors (Lipinski definition) is 1. The van der Waals surface area contributed by atoms with Crippen molar-refractivity contribution in [1.82, 2.24) is 0 Å². The number of benzene rings is 1. The van der Waals surface area contributed by atoms with E-state index >= 15 is 0 Å². The standard InChI is InChI=1S/C12H17BrO/c1-9-7-11(5-3-4-6-14)8-10(2)12(9)13/h7-8,14H,3-6H2,1-2H3. The number of hydrogen-bond acceptors (Lipinski definition) is 1. The predicted octanol–water partition coefficient (Wildman–Crippen LogP) is 3.38. The maximum absolute atomic E-state index is 8.69. The van der Waals surface area contributed by atoms with Gasteiger partial charge in [0.25, 0.3) is 0 Å². The molecule has 14 heavy (non-hydrogen) atoms. The zero-order chi connectivity index (χ0) is 10.6. The van der Waals surface area contributed by atoms with Gasteiger partial charge in [-0.05, 0) is 49.8 Å². The van der Waals surface area contributed by atoms with Crippen molar-refractivity contribution >= 4 is 15.9 Å². The summed E-state index contributed by atoms with van der Waals surface area (Å²) in [6.07, 6.45) is 3.03. The molecule has 1 aromatic carbocycles. The first-order valence-corrected chi connectivity index (χ1v) is 5.81. The predicted molar refractivity (Wildman–Crippen MR) is 63.6 cm³/mol. The smallest absolute Gasteiger partial charge is 0.0431 e. The molecular weight excluding hydrogens is 240 g/mol. The molecule has 0 atom stereocenters. The summed E-state index contributed by atoms with van der Waals surface area (Å²) in [6.45, 7) is 4.54. The van der Waals surface area contributed by atoms with E-state index in [0.717, 1.165) is 19.3 Å². The van der Waals surface area contributed by atoms with Gasteiger partial charge in [-0.2, -0.15) is 0 Å². The van der Waals surface area contributed by atoms with Crippen LogP contribution >= 0.6 is 15.9 Å². The molecule has 2 heteroatoms. The maximum atomic E-state index is 8.69. The summed E-state index contributed by atoms with van der Waals surface area (Å²) in [7, 11) is 0. The Balaban J connectivity index is 2.69. The van der Waals surface area contributed by atoms with Gasteiger partial charge in [-0.1, -0.05) is 28.1 Å². The van der Waals surface area contributed by atoms with Crippen LogP contribution in [-0.2, 0) is 6.42 Å². The largest absolute Gasteiger partial charge is 0.396 e. The van der Waals surface area contributed by atoms with E-state index in [2.05, 4.69) is 41.9 Å². The summed E-state index contributed by atoms with van der Waals surface area (Å²) in [5.74, 6) is 0. The third-order valence-corrected chi connectivity index (χ3v) is 3.62. The number of aliphatic hydroxyl groups excluding tert-OH is 1. The Bertz CT molecular complexity index is 284. The molecule has 0 aliphatic carbocycles. The number of unbranched alkanes of at least 4 members (excludes halogenated alkanes) is 1. The lowest BCUT2D eigenvalue weighted by Gasteiger charge is -2.07. The van der Waals surface area contributed by atoms with Gasteiger partial charge in [-0.15, -0.1) is 0 Å². The van der Waals surface area contributed by atoms with Crippen molar-refractivity contribution < 1.29 is 5.11 Å². The van der Waals surface area contributed by atoms with Crippen molar-refractivity contribution in [3.05, 3.63) is 33.3 Å². The molecule has 1 nitrogen and oxygen atoms in total. The van der Waals surface area contributed by atoms with Crippen LogP contribution in [0.2, 0.25) is 0 Å². The SMILES string of the molecule is Cc1cc(CCCCO)cc(C)c1Br. The minimum Gasteiger partial charge on any atom is -0.396 e. The van der Waals surface area contributed by atoms with Crippen LogP contribution in [0.15, 0.2) is 16.6 Å². The van der Waals surface area contributed by atoms with Gasteiger partial charge >= 0.3 is 0 Å². The quantitative estimate of drug-likeness (QED) is 0.820. The lowest BCUT2D eigenvalue weighted by atomic mass is 10.0. The number of halogens is 1. The second kappa shape index (κ2) is 5.52. The van der Waals surface area contributed by atoms with Gasteiger partial charge < -0.3 is 5.11 Å². The summed E-state index contributed by atoms with van der Waals surface area (Å²) >= 11 is 3.56. The first kappa shape index (κ1) is 11.7. The van der Waals surface area contributed by atoms with Crippen LogP contribution < -0.4 is 0 Å². The molecule has 0 saturated carbocycles. The molecule has 0 amide bonds. The molecule has 78 valence electrons. The highest BCUT2D eigenvalue weighted by Gasteiger charge is 2.01. The Morgan fingerprint density at radius 2 is 1.71 bits per heavy atom. The first-order valence-electron chi connectivity index (χ1n) is 5.01. The van der Waals surface area contributed by atoms with Gasteiger partial charge in [0.2, 0.25) is 0 Å². The van der Waals surface area contributed by atoms with E-state index in [1.54, 1.807) is 0 Å². The van der Waals surface area contributed by atoms with Crippen LogP contribution in [0.1, 0.15) is 29.5 Å². The van der Waals surface area contributed by atoms with E-state index in [4.69, 9.17) is 5.11 Å². The van der Waals surface area contributed by atoms with E-state index in [9.17, 15) is 0 Å². The summed E-state index contributed by atoms with van der Waals surface area (Å²) in [5, 5.41) is 8.69. The Morgan fingerprint density at radius 1 is 1.14 bits per heavy atom. The number of aliphatic hydroxyl groups is 1. The van der Waals surface area contributed by atoms with E-state index in [1.165, 1.54) is 21.2 Å². The molecule has 1 rings (SSSR count). The second-order valence-corrected chi connectivity index (χ2v) is 4.52. The number of aryl methyl sites for hydroxylation is 3.